The third kappa shape index (κ3) is 7.37. The van der Waals surface area contributed by atoms with Crippen LogP contribution < -0.4 is 24.8 Å². The van der Waals surface area contributed by atoms with E-state index in [4.69, 9.17) is 0 Å². The second-order valence-corrected chi connectivity index (χ2v) is 1.83. The van der Waals surface area contributed by atoms with Gasteiger partial charge in [-0.25, -0.2) is 0 Å². The normalized spacial score (nSPS) is 13.0. The van der Waals surface area contributed by atoms with Gasteiger partial charge in [-0.2, -0.15) is 0 Å². The predicted octanol–water partition coefficient (Wildman–Crippen LogP) is -5.61. The molecule has 1 rings (SSSR count). The van der Waals surface area contributed by atoms with E-state index in [-0.39, 0.29) is 47.9 Å². The van der Waals surface area contributed by atoms with Crippen LogP contribution in [0.3, 0.4) is 0 Å². The van der Waals surface area contributed by atoms with Crippen LogP contribution in [-0.2, 0) is 0 Å². The van der Waals surface area contributed by atoms with Gasteiger partial charge in [0.1, 0.15) is 0 Å². The van der Waals surface area contributed by atoms with Crippen LogP contribution in [0.4, 0.5) is 0 Å². The maximum Gasteiger partial charge on any atom is 2.00 e. The van der Waals surface area contributed by atoms with Crippen molar-refractivity contribution in [2.45, 2.75) is 0 Å². The summed E-state index contributed by atoms with van der Waals surface area (Å²) < 4.78 is 0. The molecule has 44 valence electrons. The molecule has 0 saturated carbocycles. The minimum absolute atomic E-state index is 0. The fourth-order valence-corrected chi connectivity index (χ4v) is 0.791. The molecule has 0 amide bonds. The van der Waals surface area contributed by atoms with Crippen molar-refractivity contribution in [3.8, 4) is 0 Å². The molecule has 1 nitrogen and oxygen atoms in total. The molecule has 1 aliphatic heterocycles. The molecule has 1 heterocycles. The number of thioether (sulfide) groups is 1. The van der Waals surface area contributed by atoms with Crippen molar-refractivity contribution in [2.24, 2.45) is 4.99 Å². The fourth-order valence-electron chi connectivity index (χ4n) is 0.264. The molecule has 5 heteroatoms. The smallest absolute Gasteiger partial charge is 1.00 e. The van der Waals surface area contributed by atoms with Crippen molar-refractivity contribution in [3.05, 3.63) is 0 Å². The Morgan fingerprint density at radius 3 is 2.12 bits per heavy atom. The molecule has 0 atom stereocenters. The molecule has 0 radical (unpaired) electrons. The van der Waals surface area contributed by atoms with Gasteiger partial charge in [0.15, 0.2) is 0 Å². The average Bonchev–Trinajstić information content (AvgIpc) is 1.76. The second kappa shape index (κ2) is 11.2. The molecule has 0 bridgehead atoms. The van der Waals surface area contributed by atoms with Crippen LogP contribution in [0.1, 0.15) is 0 Å². The third-order valence-electron chi connectivity index (χ3n) is 0.487. The van der Waals surface area contributed by atoms with Gasteiger partial charge < -0.3 is 24.8 Å². The zero-order chi connectivity index (χ0) is 3.54. The van der Waals surface area contributed by atoms with E-state index in [2.05, 4.69) is 4.99 Å². The molecule has 0 saturated heterocycles. The van der Waals surface area contributed by atoms with Crippen LogP contribution in [0.2, 0.25) is 0 Å². The number of rotatable bonds is 0. The summed E-state index contributed by atoms with van der Waals surface area (Å²) >= 11 is 1.78. The van der Waals surface area contributed by atoms with Gasteiger partial charge in [-0.05, 0) is 0 Å². The van der Waals surface area contributed by atoms with Crippen molar-refractivity contribution < 1.29 is 24.8 Å². The summed E-state index contributed by atoms with van der Waals surface area (Å²) in [6.45, 7) is 1.03. The summed E-state index contributed by atoms with van der Waals surface area (Å²) in [4.78, 5) is 3.92. The summed E-state index contributed by atoms with van der Waals surface area (Å²) in [6, 6.07) is 0. The number of nitrogens with zero attached hydrogens (tertiary/aromatic N) is 1. The van der Waals surface area contributed by atoms with Crippen LogP contribution in [0, 0.1) is 0 Å². The molecule has 0 aromatic carbocycles. The minimum atomic E-state index is 0. The van der Waals surface area contributed by atoms with E-state index in [1.807, 2.05) is 5.55 Å². The molecular weight excluding hydrogens is 177 g/mol. The van der Waals surface area contributed by atoms with Crippen LogP contribution in [-0.4, -0.2) is 40.9 Å². The zero-order valence-electron chi connectivity index (χ0n) is 4.31. The van der Waals surface area contributed by atoms with E-state index in [0.29, 0.717) is 0 Å². The molecule has 8 heavy (non-hydrogen) atoms. The van der Waals surface area contributed by atoms with Crippen LogP contribution in [0.25, 0.3) is 0 Å². The van der Waals surface area contributed by atoms with Crippen molar-refractivity contribution in [1.82, 2.24) is 0 Å². The Kier molecular flexibility index (Phi) is 22.6. The second-order valence-electron chi connectivity index (χ2n) is 0.882. The summed E-state index contributed by atoms with van der Waals surface area (Å²) in [5.74, 6) is 1.19. The summed E-state index contributed by atoms with van der Waals surface area (Å²) in [5, 5.41) is 0. The number of halogens is 2. The SMILES string of the molecule is C1=NCCS1.[Cl-].[Cl-].[Mg+2]. The Balaban J connectivity index is -0.0000000833. The molecule has 0 spiro atoms. The quantitative estimate of drug-likeness (QED) is 0.340. The molecule has 1 aliphatic rings. The molecule has 0 aromatic heterocycles. The molecule has 0 unspecified atom stereocenters. The van der Waals surface area contributed by atoms with Crippen molar-refractivity contribution >= 4 is 40.4 Å². The maximum atomic E-state index is 3.92. The molecule has 0 N–H and O–H groups in total. The van der Waals surface area contributed by atoms with Gasteiger partial charge >= 0.3 is 23.1 Å². The number of aliphatic imine (C=N–C) groups is 1. The Bertz CT molecular complexity index is 55.2. The average molecular weight is 182 g/mol. The first kappa shape index (κ1) is 16.2. The van der Waals surface area contributed by atoms with Gasteiger partial charge in [-0.3, -0.25) is 4.99 Å². The van der Waals surface area contributed by atoms with Gasteiger partial charge in [0.2, 0.25) is 0 Å². The topological polar surface area (TPSA) is 12.4 Å². The van der Waals surface area contributed by atoms with E-state index >= 15 is 0 Å². The molecule has 0 fully saturated rings. The zero-order valence-corrected chi connectivity index (χ0v) is 8.05. The van der Waals surface area contributed by atoms with Gasteiger partial charge in [0, 0.05) is 12.3 Å². The van der Waals surface area contributed by atoms with Crippen LogP contribution in [0.5, 0.6) is 0 Å². The Labute approximate surface area is 82.1 Å². The Hall–Kier alpha value is 1.37. The maximum absolute atomic E-state index is 3.92. The van der Waals surface area contributed by atoms with Gasteiger partial charge in [-0.1, -0.05) is 0 Å². The first-order valence-electron chi connectivity index (χ1n) is 1.60. The van der Waals surface area contributed by atoms with E-state index in [1.54, 1.807) is 11.8 Å². The minimum Gasteiger partial charge on any atom is -1.00 e. The van der Waals surface area contributed by atoms with Gasteiger partial charge in [0.25, 0.3) is 0 Å². The molecule has 0 aromatic rings. The van der Waals surface area contributed by atoms with Crippen molar-refractivity contribution in [1.29, 1.82) is 0 Å². The molecule has 0 aliphatic carbocycles. The van der Waals surface area contributed by atoms with Crippen molar-refractivity contribution in [3.63, 3.8) is 0 Å². The third-order valence-corrected chi connectivity index (χ3v) is 1.20. The predicted molar refractivity (Wildman–Crippen MR) is 31.6 cm³/mol. The Morgan fingerprint density at radius 2 is 2.00 bits per heavy atom. The fraction of sp³-hybridized carbons (Fsp3) is 0.667. The number of hydrogen-bond acceptors (Lipinski definition) is 2. The monoisotopic (exact) mass is 181 g/mol. The van der Waals surface area contributed by atoms with Crippen LogP contribution in [0.15, 0.2) is 4.99 Å². The standard InChI is InChI=1S/C3H5NS.2ClH.Mg/c1-2-5-3-4-1;;;/h3H,1-2H2;2*1H;/q;;;+2/p-2. The van der Waals surface area contributed by atoms with E-state index < -0.39 is 0 Å². The summed E-state index contributed by atoms with van der Waals surface area (Å²) in [5.41, 5.74) is 1.90. The van der Waals surface area contributed by atoms with E-state index in [0.717, 1.165) is 6.54 Å². The Morgan fingerprint density at radius 1 is 1.38 bits per heavy atom. The first-order valence-corrected chi connectivity index (χ1v) is 2.65. The van der Waals surface area contributed by atoms with Gasteiger partial charge in [0.05, 0.1) is 5.55 Å². The number of hydrogen-bond donors (Lipinski definition) is 0. The van der Waals surface area contributed by atoms with Gasteiger partial charge in [-0.15, -0.1) is 11.8 Å². The van der Waals surface area contributed by atoms with Crippen LogP contribution >= 0.6 is 11.8 Å². The summed E-state index contributed by atoms with van der Waals surface area (Å²) in [6.07, 6.45) is 0. The van der Waals surface area contributed by atoms with E-state index in [1.165, 1.54) is 5.75 Å². The largest absolute Gasteiger partial charge is 2.00 e. The first-order chi connectivity index (χ1) is 2.50. The van der Waals surface area contributed by atoms with E-state index in [9.17, 15) is 0 Å². The summed E-state index contributed by atoms with van der Waals surface area (Å²) in [7, 11) is 0. The van der Waals surface area contributed by atoms with Crippen molar-refractivity contribution in [2.75, 3.05) is 12.3 Å². The molecular formula is C3H5Cl2MgNS.